The number of pyridine rings is 1. The number of carboxylic acids is 1. The third-order valence-electron chi connectivity index (χ3n) is 8.36. The van der Waals surface area contributed by atoms with Gasteiger partial charge in [0.25, 0.3) is 5.91 Å². The molecule has 1 aliphatic carbocycles. The van der Waals surface area contributed by atoms with Gasteiger partial charge in [-0.15, -0.1) is 0 Å². The summed E-state index contributed by atoms with van der Waals surface area (Å²) in [6.07, 6.45) is 0.927. The topological polar surface area (TPSA) is 156 Å². The number of anilines is 1. The van der Waals surface area contributed by atoms with Crippen LogP contribution in [0.3, 0.4) is 0 Å². The Morgan fingerprint density at radius 2 is 1.58 bits per heavy atom. The van der Waals surface area contributed by atoms with Crippen molar-refractivity contribution in [2.24, 2.45) is 0 Å². The van der Waals surface area contributed by atoms with Gasteiger partial charge in [0.1, 0.15) is 18.8 Å². The molecule has 52 heavy (non-hydrogen) atoms. The Morgan fingerprint density at radius 3 is 2.23 bits per heavy atom. The van der Waals surface area contributed by atoms with Gasteiger partial charge in [0.2, 0.25) is 0 Å². The van der Waals surface area contributed by atoms with E-state index in [0.29, 0.717) is 5.56 Å². The molecule has 0 fully saturated rings. The number of rotatable bonds is 14. The molecule has 4 aromatic rings. The maximum atomic E-state index is 13.2. The van der Waals surface area contributed by atoms with Gasteiger partial charge in [0.15, 0.2) is 5.69 Å². The summed E-state index contributed by atoms with van der Waals surface area (Å²) >= 11 is 0. The minimum Gasteiger partial charge on any atom is -0.480 e. The van der Waals surface area contributed by atoms with Gasteiger partial charge >= 0.3 is 18.2 Å². The van der Waals surface area contributed by atoms with Crippen LogP contribution in [0.4, 0.5) is 15.3 Å². The maximum absolute atomic E-state index is 13.2. The SMILES string of the molecule is CCc1cccc(-c2cnc(C(=O)NCCOCCN(CC(=O)O)C(=O)OCC3c4ccccc4-c4ccccc43)c(NC(=O)OC(C)(C)C)c2)c1. The third-order valence-corrected chi connectivity index (χ3v) is 8.36. The van der Waals surface area contributed by atoms with Gasteiger partial charge in [0, 0.05) is 30.8 Å². The Morgan fingerprint density at radius 1 is 0.885 bits per heavy atom. The molecule has 12 nitrogen and oxygen atoms in total. The number of nitrogens with one attached hydrogen (secondary N) is 2. The van der Waals surface area contributed by atoms with Crippen LogP contribution in [0.5, 0.6) is 0 Å². The van der Waals surface area contributed by atoms with Gasteiger partial charge in [0.05, 0.1) is 18.9 Å². The molecule has 0 spiro atoms. The number of ether oxygens (including phenoxy) is 3. The zero-order valence-corrected chi connectivity index (χ0v) is 29.8. The Kier molecular flexibility index (Phi) is 12.2. The second-order valence-corrected chi connectivity index (χ2v) is 13.3. The average Bonchev–Trinajstić information content (AvgIpc) is 3.43. The second-order valence-electron chi connectivity index (χ2n) is 13.3. The summed E-state index contributed by atoms with van der Waals surface area (Å²) in [6.45, 7) is 6.88. The molecule has 3 aromatic carbocycles. The smallest absolute Gasteiger partial charge is 0.412 e. The molecule has 0 saturated heterocycles. The number of fused-ring (bicyclic) bond motifs is 3. The molecule has 1 aliphatic rings. The molecule has 0 unspecified atom stereocenters. The highest BCUT2D eigenvalue weighted by atomic mass is 16.6. The van der Waals surface area contributed by atoms with Crippen molar-refractivity contribution in [1.29, 1.82) is 0 Å². The fourth-order valence-corrected chi connectivity index (χ4v) is 5.96. The van der Waals surface area contributed by atoms with Crippen LogP contribution in [0.15, 0.2) is 85.1 Å². The first-order valence-electron chi connectivity index (χ1n) is 17.2. The van der Waals surface area contributed by atoms with Crippen LogP contribution in [0, 0.1) is 0 Å². The number of benzene rings is 3. The summed E-state index contributed by atoms with van der Waals surface area (Å²) < 4.78 is 16.7. The minimum atomic E-state index is -1.19. The zero-order chi connectivity index (χ0) is 37.3. The molecule has 0 saturated carbocycles. The molecule has 0 atom stereocenters. The number of nitrogens with zero attached hydrogens (tertiary/aromatic N) is 2. The second kappa shape index (κ2) is 17.0. The monoisotopic (exact) mass is 708 g/mol. The van der Waals surface area contributed by atoms with Crippen molar-refractivity contribution in [1.82, 2.24) is 15.2 Å². The van der Waals surface area contributed by atoms with E-state index in [9.17, 15) is 24.3 Å². The van der Waals surface area contributed by atoms with Crippen molar-refractivity contribution >= 4 is 29.8 Å². The lowest BCUT2D eigenvalue weighted by Crippen LogP contribution is -2.39. The van der Waals surface area contributed by atoms with Crippen LogP contribution in [0.2, 0.25) is 0 Å². The molecule has 0 bridgehead atoms. The van der Waals surface area contributed by atoms with Crippen LogP contribution in [0.1, 0.15) is 60.8 Å². The summed E-state index contributed by atoms with van der Waals surface area (Å²) in [5, 5.41) is 14.8. The molecule has 5 rings (SSSR count). The first-order chi connectivity index (χ1) is 24.9. The Balaban J connectivity index is 1.15. The predicted octanol–water partition coefficient (Wildman–Crippen LogP) is 6.74. The van der Waals surface area contributed by atoms with Gasteiger partial charge in [-0.25, -0.2) is 14.6 Å². The molecule has 12 heteroatoms. The lowest BCUT2D eigenvalue weighted by molar-refractivity contribution is -0.138. The summed E-state index contributed by atoms with van der Waals surface area (Å²) in [5.41, 5.74) is 6.41. The number of aromatic nitrogens is 1. The van der Waals surface area contributed by atoms with Crippen LogP contribution in [-0.2, 0) is 25.4 Å². The van der Waals surface area contributed by atoms with E-state index in [1.807, 2.05) is 72.8 Å². The van der Waals surface area contributed by atoms with Crippen molar-refractivity contribution in [2.75, 3.05) is 44.8 Å². The lowest BCUT2D eigenvalue weighted by atomic mass is 9.98. The van der Waals surface area contributed by atoms with Crippen LogP contribution >= 0.6 is 0 Å². The van der Waals surface area contributed by atoms with Crippen LogP contribution < -0.4 is 10.6 Å². The Labute approximate surface area is 303 Å². The van der Waals surface area contributed by atoms with Gasteiger partial charge < -0.3 is 24.6 Å². The molecular weight excluding hydrogens is 664 g/mol. The highest BCUT2D eigenvalue weighted by molar-refractivity contribution is 6.01. The lowest BCUT2D eigenvalue weighted by Gasteiger charge is -2.22. The maximum Gasteiger partial charge on any atom is 0.412 e. The molecule has 0 aliphatic heterocycles. The zero-order valence-electron chi connectivity index (χ0n) is 29.8. The number of carboxylic acid groups (broad SMARTS) is 1. The number of carbonyl (C=O) groups is 4. The van der Waals surface area contributed by atoms with Gasteiger partial charge in [-0.2, -0.15) is 0 Å². The number of hydrogen-bond donors (Lipinski definition) is 3. The number of aliphatic carboxylic acids is 1. The van der Waals surface area contributed by atoms with E-state index in [1.165, 1.54) is 0 Å². The Hall–Kier alpha value is -5.75. The van der Waals surface area contributed by atoms with Gasteiger partial charge in [-0.05, 0) is 66.6 Å². The number of aryl methyl sites for hydroxylation is 1. The van der Waals surface area contributed by atoms with E-state index >= 15 is 0 Å². The molecule has 1 heterocycles. The highest BCUT2D eigenvalue weighted by Crippen LogP contribution is 2.44. The summed E-state index contributed by atoms with van der Waals surface area (Å²) in [5.74, 6) is -1.90. The quantitative estimate of drug-likeness (QED) is 0.121. The summed E-state index contributed by atoms with van der Waals surface area (Å²) in [4.78, 5) is 55.9. The third kappa shape index (κ3) is 9.73. The number of hydrogen-bond acceptors (Lipinski definition) is 8. The first-order valence-corrected chi connectivity index (χ1v) is 17.2. The molecule has 3 N–H and O–H groups in total. The largest absolute Gasteiger partial charge is 0.480 e. The normalized spacial score (nSPS) is 12.0. The van der Waals surface area contributed by atoms with E-state index in [0.717, 1.165) is 44.7 Å². The predicted molar refractivity (Wildman–Crippen MR) is 196 cm³/mol. The highest BCUT2D eigenvalue weighted by Gasteiger charge is 2.30. The molecular formula is C40H44N4O8. The number of amides is 3. The van der Waals surface area contributed by atoms with Crippen molar-refractivity contribution in [2.45, 2.75) is 45.6 Å². The van der Waals surface area contributed by atoms with Gasteiger partial charge in [-0.3, -0.25) is 19.8 Å². The van der Waals surface area contributed by atoms with E-state index in [2.05, 4.69) is 22.5 Å². The summed E-state index contributed by atoms with van der Waals surface area (Å²) in [7, 11) is 0. The fourth-order valence-electron chi connectivity index (χ4n) is 5.96. The van der Waals surface area contributed by atoms with E-state index in [-0.39, 0.29) is 50.2 Å². The van der Waals surface area contributed by atoms with Crippen molar-refractivity contribution < 1.29 is 38.5 Å². The fraction of sp³-hybridized carbons (Fsp3) is 0.325. The summed E-state index contributed by atoms with van der Waals surface area (Å²) in [6, 6.07) is 25.5. The molecule has 3 amide bonds. The van der Waals surface area contributed by atoms with Crippen LogP contribution in [0.25, 0.3) is 22.3 Å². The van der Waals surface area contributed by atoms with E-state index in [4.69, 9.17) is 14.2 Å². The van der Waals surface area contributed by atoms with E-state index < -0.39 is 36.2 Å². The molecule has 272 valence electrons. The van der Waals surface area contributed by atoms with E-state index in [1.54, 1.807) is 33.0 Å². The number of carbonyl (C=O) groups excluding carboxylic acids is 3. The van der Waals surface area contributed by atoms with Crippen LogP contribution in [-0.4, -0.2) is 84.1 Å². The minimum absolute atomic E-state index is 0.00255. The van der Waals surface area contributed by atoms with Crippen molar-refractivity contribution in [3.63, 3.8) is 0 Å². The first kappa shape index (κ1) is 37.5. The average molecular weight is 709 g/mol. The van der Waals surface area contributed by atoms with Gasteiger partial charge in [-0.1, -0.05) is 79.7 Å². The van der Waals surface area contributed by atoms with Crippen molar-refractivity contribution in [3.8, 4) is 22.3 Å². The Bertz CT molecular complexity index is 1880. The standard InChI is InChI=1S/C40H44N4O8/c1-5-26-11-10-12-27(21-26)28-22-34(43-38(48)52-40(2,3)4)36(42-23-28)37(47)41-17-19-50-20-18-44(24-35(45)46)39(49)51-25-33-31-15-8-6-13-29(31)30-14-7-9-16-32(30)33/h6-16,21-23,33H,5,17-20,24-25H2,1-4H3,(H,41,47)(H,43,48)(H,45,46). The molecule has 1 aromatic heterocycles. The molecule has 0 radical (unpaired) electrons. The van der Waals surface area contributed by atoms with Crippen molar-refractivity contribution in [3.05, 3.63) is 107 Å².